The van der Waals surface area contributed by atoms with Crippen molar-refractivity contribution in [2.24, 2.45) is 34.5 Å². The molecule has 0 bridgehead atoms. The van der Waals surface area contributed by atoms with Gasteiger partial charge in [0.15, 0.2) is 0 Å². The lowest BCUT2D eigenvalue weighted by Gasteiger charge is -2.26. The van der Waals surface area contributed by atoms with E-state index in [4.69, 9.17) is 9.47 Å². The molecule has 0 radical (unpaired) electrons. The maximum Gasteiger partial charge on any atom is 0.308 e. The molecular formula is C32H60O4. The number of esters is 2. The van der Waals surface area contributed by atoms with Crippen molar-refractivity contribution in [3.63, 3.8) is 0 Å². The van der Waals surface area contributed by atoms with Gasteiger partial charge in [0.1, 0.15) is 0 Å². The van der Waals surface area contributed by atoms with Gasteiger partial charge in [-0.05, 0) is 86.9 Å². The third-order valence-electron chi connectivity index (χ3n) is 7.81. The zero-order valence-electron chi connectivity index (χ0n) is 25.3. The Hall–Kier alpha value is -1.06. The normalized spacial score (nSPS) is 20.6. The van der Waals surface area contributed by atoms with E-state index in [1.54, 1.807) is 0 Å². The van der Waals surface area contributed by atoms with Gasteiger partial charge < -0.3 is 9.47 Å². The first-order valence-electron chi connectivity index (χ1n) is 15.1. The average molecular weight is 509 g/mol. The molecule has 0 aromatic rings. The number of rotatable bonds is 16. The first-order valence-corrected chi connectivity index (χ1v) is 15.1. The Kier molecular flexibility index (Phi) is 15.3. The summed E-state index contributed by atoms with van der Waals surface area (Å²) in [4.78, 5) is 24.9. The van der Waals surface area contributed by atoms with Gasteiger partial charge in [-0.25, -0.2) is 0 Å². The van der Waals surface area contributed by atoms with Gasteiger partial charge in [0.05, 0.1) is 25.0 Å². The second-order valence-electron chi connectivity index (χ2n) is 14.3. The summed E-state index contributed by atoms with van der Waals surface area (Å²) < 4.78 is 11.2. The van der Waals surface area contributed by atoms with Crippen LogP contribution in [0.15, 0.2) is 0 Å². The third-order valence-corrected chi connectivity index (χ3v) is 7.81. The van der Waals surface area contributed by atoms with Crippen LogP contribution >= 0.6 is 0 Å². The first-order chi connectivity index (χ1) is 16.8. The van der Waals surface area contributed by atoms with Crippen LogP contribution in [0.3, 0.4) is 0 Å². The largest absolute Gasteiger partial charge is 0.465 e. The van der Waals surface area contributed by atoms with E-state index < -0.39 is 0 Å². The van der Waals surface area contributed by atoms with Crippen LogP contribution in [0, 0.1) is 34.5 Å². The quantitative estimate of drug-likeness (QED) is 0.154. The fourth-order valence-corrected chi connectivity index (χ4v) is 5.26. The van der Waals surface area contributed by atoms with E-state index in [0.29, 0.717) is 35.9 Å². The van der Waals surface area contributed by atoms with E-state index in [1.807, 2.05) is 0 Å². The van der Waals surface area contributed by atoms with Gasteiger partial charge in [-0.15, -0.1) is 0 Å². The van der Waals surface area contributed by atoms with Crippen LogP contribution < -0.4 is 0 Å². The standard InChI is InChI=1S/C32H60O4/c1-25(13-9-21-31(3,4)5)15-11-23-35-29(33)27-17-19-28(20-18-27)30(34)36-24-12-16-26(2)14-10-22-32(6,7)8/h25-28H,9-24H2,1-8H3. The fourth-order valence-electron chi connectivity index (χ4n) is 5.26. The highest BCUT2D eigenvalue weighted by Gasteiger charge is 2.31. The number of carbonyl (C=O) groups excluding carboxylic acids is 2. The molecule has 1 aliphatic rings. The van der Waals surface area contributed by atoms with Crippen LogP contribution in [-0.4, -0.2) is 25.2 Å². The molecule has 212 valence electrons. The molecule has 2 unspecified atom stereocenters. The summed E-state index contributed by atoms with van der Waals surface area (Å²) in [5.74, 6) is 1.14. The summed E-state index contributed by atoms with van der Waals surface area (Å²) in [6.45, 7) is 19.4. The number of hydrogen-bond acceptors (Lipinski definition) is 4. The van der Waals surface area contributed by atoms with Crippen LogP contribution in [0.25, 0.3) is 0 Å². The third kappa shape index (κ3) is 16.6. The summed E-state index contributed by atoms with van der Waals surface area (Å²) in [5, 5.41) is 0. The monoisotopic (exact) mass is 508 g/mol. The van der Waals surface area contributed by atoms with Gasteiger partial charge >= 0.3 is 11.9 Å². The van der Waals surface area contributed by atoms with E-state index in [1.165, 1.54) is 38.5 Å². The molecule has 0 aromatic carbocycles. The Balaban J connectivity index is 2.10. The number of carbonyl (C=O) groups is 2. The predicted octanol–water partition coefficient (Wildman–Crippen LogP) is 9.14. The van der Waals surface area contributed by atoms with Crippen LogP contribution in [0.2, 0.25) is 0 Å². The minimum atomic E-state index is -0.0670. The molecule has 0 amide bonds. The average Bonchev–Trinajstić information content (AvgIpc) is 2.77. The molecule has 0 spiro atoms. The zero-order valence-corrected chi connectivity index (χ0v) is 25.3. The smallest absolute Gasteiger partial charge is 0.308 e. The second kappa shape index (κ2) is 16.7. The molecule has 2 atom stereocenters. The fraction of sp³-hybridized carbons (Fsp3) is 0.938. The van der Waals surface area contributed by atoms with Crippen LogP contribution in [0.1, 0.15) is 145 Å². The van der Waals surface area contributed by atoms with Gasteiger partial charge in [-0.1, -0.05) is 81.1 Å². The molecule has 0 aliphatic heterocycles. The molecule has 1 saturated carbocycles. The zero-order chi connectivity index (χ0) is 27.2. The molecule has 1 aliphatic carbocycles. The van der Waals surface area contributed by atoms with Crippen molar-refractivity contribution < 1.29 is 19.1 Å². The Morgan fingerprint density at radius 2 is 0.917 bits per heavy atom. The highest BCUT2D eigenvalue weighted by molar-refractivity contribution is 5.75. The Bertz CT molecular complexity index is 551. The van der Waals surface area contributed by atoms with Crippen molar-refractivity contribution in [3.05, 3.63) is 0 Å². The van der Waals surface area contributed by atoms with Crippen molar-refractivity contribution in [2.75, 3.05) is 13.2 Å². The van der Waals surface area contributed by atoms with Gasteiger partial charge in [-0.3, -0.25) is 9.59 Å². The lowest BCUT2D eigenvalue weighted by molar-refractivity contribution is -0.155. The van der Waals surface area contributed by atoms with Crippen molar-refractivity contribution in [2.45, 2.75) is 145 Å². The highest BCUT2D eigenvalue weighted by Crippen LogP contribution is 2.31. The lowest BCUT2D eigenvalue weighted by atomic mass is 9.82. The van der Waals surface area contributed by atoms with Gasteiger partial charge in [0.2, 0.25) is 0 Å². The lowest BCUT2D eigenvalue weighted by Crippen LogP contribution is -2.28. The summed E-state index contributed by atoms with van der Waals surface area (Å²) in [7, 11) is 0. The van der Waals surface area contributed by atoms with Gasteiger partial charge in [0, 0.05) is 0 Å². The molecule has 1 fully saturated rings. The number of hydrogen-bond donors (Lipinski definition) is 0. The van der Waals surface area contributed by atoms with Crippen LogP contribution in [-0.2, 0) is 19.1 Å². The summed E-state index contributed by atoms with van der Waals surface area (Å²) in [6, 6.07) is 0. The molecule has 0 heterocycles. The Morgan fingerprint density at radius 3 is 1.22 bits per heavy atom. The number of ether oxygens (including phenoxy) is 2. The van der Waals surface area contributed by atoms with Crippen molar-refractivity contribution in [3.8, 4) is 0 Å². The van der Waals surface area contributed by atoms with Crippen LogP contribution in [0.4, 0.5) is 0 Å². The van der Waals surface area contributed by atoms with E-state index >= 15 is 0 Å². The second-order valence-corrected chi connectivity index (χ2v) is 14.3. The molecular weight excluding hydrogens is 448 g/mol. The SMILES string of the molecule is CC(CCCOC(=O)C1CCC(C(=O)OCCCC(C)CCCC(C)(C)C)CC1)CCCC(C)(C)C. The topological polar surface area (TPSA) is 52.6 Å². The first kappa shape index (κ1) is 33.0. The summed E-state index contributed by atoms with van der Waals surface area (Å²) in [6.07, 6.45) is 14.7. The molecule has 0 saturated heterocycles. The van der Waals surface area contributed by atoms with E-state index in [0.717, 1.165) is 51.4 Å². The highest BCUT2D eigenvalue weighted by atomic mass is 16.5. The minimum absolute atomic E-state index is 0.0489. The Labute approximate surface area is 224 Å². The van der Waals surface area contributed by atoms with Crippen molar-refractivity contribution in [1.82, 2.24) is 0 Å². The molecule has 1 rings (SSSR count). The van der Waals surface area contributed by atoms with E-state index in [-0.39, 0.29) is 23.8 Å². The predicted molar refractivity (Wildman–Crippen MR) is 151 cm³/mol. The summed E-state index contributed by atoms with van der Waals surface area (Å²) >= 11 is 0. The molecule has 0 N–H and O–H groups in total. The molecule has 36 heavy (non-hydrogen) atoms. The van der Waals surface area contributed by atoms with E-state index in [2.05, 4.69) is 55.4 Å². The maximum atomic E-state index is 12.5. The van der Waals surface area contributed by atoms with Crippen molar-refractivity contribution >= 4 is 11.9 Å². The Morgan fingerprint density at radius 1 is 0.611 bits per heavy atom. The van der Waals surface area contributed by atoms with E-state index in [9.17, 15) is 9.59 Å². The van der Waals surface area contributed by atoms with Crippen LogP contribution in [0.5, 0.6) is 0 Å². The molecule has 4 nitrogen and oxygen atoms in total. The van der Waals surface area contributed by atoms with Gasteiger partial charge in [0.25, 0.3) is 0 Å². The van der Waals surface area contributed by atoms with Gasteiger partial charge in [-0.2, -0.15) is 0 Å². The minimum Gasteiger partial charge on any atom is -0.465 e. The maximum absolute atomic E-state index is 12.5. The molecule has 4 heteroatoms. The van der Waals surface area contributed by atoms with Crippen molar-refractivity contribution in [1.29, 1.82) is 0 Å². The summed E-state index contributed by atoms with van der Waals surface area (Å²) in [5.41, 5.74) is 0.824. The molecule has 0 aromatic heterocycles.